The number of alkyl halides is 6. The summed E-state index contributed by atoms with van der Waals surface area (Å²) in [6, 6.07) is 21.3. The predicted octanol–water partition coefficient (Wildman–Crippen LogP) is 6.23. The molecule has 0 aliphatic carbocycles. The molecular weight excluding hydrogens is 564 g/mol. The van der Waals surface area contributed by atoms with E-state index in [2.05, 4.69) is 10.3 Å². The van der Waals surface area contributed by atoms with Crippen LogP contribution in [0.2, 0.25) is 0 Å². The standard InChI is InChI=1S/C23H22F6N3O.C5H5.Fe/c24-22(25,26)17-6-4-14(5-7-17)19-9-8-18(21(32-19)23(27,28)29)20(33)12-15-2-1-3-16(15)13-31-11-10-30;1-2-4-5-3-1;/h1-9,20,31,33H,10-13,30H2;1-5H;/q-1;-5;/t20-;;/m1../s1. The number of nitrogens with one attached hydrogen (secondary N) is 1. The third kappa shape index (κ3) is 9.33. The Morgan fingerprint density at radius 2 is 1.51 bits per heavy atom. The molecule has 0 aliphatic heterocycles. The van der Waals surface area contributed by atoms with Gasteiger partial charge in [0.2, 0.25) is 0 Å². The zero-order chi connectivity index (χ0) is 27.8. The zero-order valence-corrected chi connectivity index (χ0v) is 21.7. The van der Waals surface area contributed by atoms with Crippen molar-refractivity contribution in [2.75, 3.05) is 13.1 Å². The first-order valence-electron chi connectivity index (χ1n) is 11.8. The molecule has 39 heavy (non-hydrogen) atoms. The average Bonchev–Trinajstić information content (AvgIpc) is 3.59. The van der Waals surface area contributed by atoms with E-state index < -0.39 is 35.3 Å². The van der Waals surface area contributed by atoms with E-state index in [9.17, 15) is 31.4 Å². The minimum Gasteiger partial charge on any atom is -0.748 e. The van der Waals surface area contributed by atoms with Gasteiger partial charge < -0.3 is 46.5 Å². The van der Waals surface area contributed by atoms with Crippen molar-refractivity contribution >= 4 is 0 Å². The molecule has 0 unspecified atom stereocenters. The SMILES string of the molecule is NCCNC[c-]1cccc1C[C@@H](O)c1ccc(-c2ccc(C(F)(F)F)cc2)nc1C(F)(F)F.[Fe].[cH-]1[cH-][cH-][cH-][cH-]1. The van der Waals surface area contributed by atoms with E-state index >= 15 is 0 Å². The van der Waals surface area contributed by atoms with Gasteiger partial charge in [-0.1, -0.05) is 18.2 Å². The average molecular weight is 591 g/mol. The molecule has 216 valence electrons. The number of hydrogen-bond donors (Lipinski definition) is 3. The van der Waals surface area contributed by atoms with Gasteiger partial charge >= 0.3 is 12.4 Å². The molecule has 11 heteroatoms. The number of aromatic nitrogens is 1. The van der Waals surface area contributed by atoms with Crippen LogP contribution in [-0.2, 0) is 42.4 Å². The molecule has 0 spiro atoms. The number of hydrogen-bond acceptors (Lipinski definition) is 4. The quantitative estimate of drug-likeness (QED) is 0.0984. The Kier molecular flexibility index (Phi) is 11.9. The van der Waals surface area contributed by atoms with E-state index in [4.69, 9.17) is 5.73 Å². The second-order valence-electron chi connectivity index (χ2n) is 8.43. The number of rotatable bonds is 8. The molecule has 4 rings (SSSR count). The van der Waals surface area contributed by atoms with Crippen molar-refractivity contribution in [1.29, 1.82) is 0 Å². The van der Waals surface area contributed by atoms with Crippen molar-refractivity contribution in [3.63, 3.8) is 0 Å². The van der Waals surface area contributed by atoms with E-state index in [0.29, 0.717) is 25.2 Å². The minimum absolute atomic E-state index is 0. The van der Waals surface area contributed by atoms with Crippen LogP contribution in [0.25, 0.3) is 11.3 Å². The summed E-state index contributed by atoms with van der Waals surface area (Å²) in [5.41, 5.74) is 4.32. The van der Waals surface area contributed by atoms with Crippen molar-refractivity contribution < 1.29 is 48.5 Å². The summed E-state index contributed by atoms with van der Waals surface area (Å²) in [5.74, 6) is 0. The third-order valence-corrected chi connectivity index (χ3v) is 5.67. The maximum atomic E-state index is 13.7. The first kappa shape index (κ1) is 32.3. The Labute approximate surface area is 233 Å². The summed E-state index contributed by atoms with van der Waals surface area (Å²) >= 11 is 0. The van der Waals surface area contributed by atoms with Gasteiger partial charge in [-0.25, -0.2) is 17.1 Å². The number of nitrogens with two attached hydrogens (primary N) is 1. The van der Waals surface area contributed by atoms with Crippen molar-refractivity contribution in [2.45, 2.75) is 31.4 Å². The number of aliphatic hydroxyl groups is 1. The molecule has 1 heterocycles. The second-order valence-corrected chi connectivity index (χ2v) is 8.43. The van der Waals surface area contributed by atoms with Gasteiger partial charge in [0.1, 0.15) is 0 Å². The van der Waals surface area contributed by atoms with Gasteiger partial charge in [0.05, 0.1) is 17.4 Å². The normalized spacial score (nSPS) is 12.3. The van der Waals surface area contributed by atoms with E-state index in [1.165, 1.54) is 6.07 Å². The molecule has 4 nitrogen and oxygen atoms in total. The van der Waals surface area contributed by atoms with Crippen molar-refractivity contribution in [3.05, 3.63) is 113 Å². The predicted molar refractivity (Wildman–Crippen MR) is 133 cm³/mol. The molecule has 0 fully saturated rings. The van der Waals surface area contributed by atoms with Crippen molar-refractivity contribution in [1.82, 2.24) is 10.3 Å². The number of halogens is 6. The van der Waals surface area contributed by atoms with E-state index in [0.717, 1.165) is 35.9 Å². The van der Waals surface area contributed by atoms with Crippen LogP contribution >= 0.6 is 0 Å². The van der Waals surface area contributed by atoms with Crippen LogP contribution in [0.15, 0.2) is 84.9 Å². The molecular formula is C28H27F6FeN3O-6. The van der Waals surface area contributed by atoms with Crippen molar-refractivity contribution in [2.24, 2.45) is 5.73 Å². The Morgan fingerprint density at radius 3 is 2.05 bits per heavy atom. The van der Waals surface area contributed by atoms with Gasteiger partial charge in [-0.3, -0.25) is 0 Å². The molecule has 1 atom stereocenters. The Morgan fingerprint density at radius 1 is 0.897 bits per heavy atom. The first-order chi connectivity index (χ1) is 18.0. The Balaban J connectivity index is 0.000000797. The molecule has 0 aliphatic rings. The van der Waals surface area contributed by atoms with Crippen LogP contribution in [0.1, 0.15) is 34.1 Å². The number of pyridine rings is 1. The van der Waals surface area contributed by atoms with Gasteiger partial charge in [-0.15, -0.1) is 5.56 Å². The molecule has 0 radical (unpaired) electrons. The van der Waals surface area contributed by atoms with E-state index in [-0.39, 0.29) is 34.7 Å². The molecule has 0 saturated heterocycles. The fraction of sp³-hybridized carbons (Fsp3) is 0.250. The maximum Gasteiger partial charge on any atom is 0.433 e. The summed E-state index contributed by atoms with van der Waals surface area (Å²) < 4.78 is 79.5. The maximum absolute atomic E-state index is 13.7. The van der Waals surface area contributed by atoms with E-state index in [1.54, 1.807) is 12.1 Å². The smallest absolute Gasteiger partial charge is 0.433 e. The van der Waals surface area contributed by atoms with Crippen molar-refractivity contribution in [3.8, 4) is 11.3 Å². The largest absolute Gasteiger partial charge is 0.748 e. The van der Waals surface area contributed by atoms with Gasteiger partial charge in [-0.2, -0.15) is 38.0 Å². The summed E-state index contributed by atoms with van der Waals surface area (Å²) in [5, 5.41) is 13.7. The number of aliphatic hydroxyl groups excluding tert-OH is 1. The summed E-state index contributed by atoms with van der Waals surface area (Å²) in [4.78, 5) is 3.65. The molecule has 4 aromatic rings. The molecule has 4 N–H and O–H groups in total. The molecule has 1 aromatic heterocycles. The monoisotopic (exact) mass is 591 g/mol. The molecule has 3 aromatic carbocycles. The van der Waals surface area contributed by atoms with Crippen LogP contribution in [0.5, 0.6) is 0 Å². The Hall–Kier alpha value is -2.95. The van der Waals surface area contributed by atoms with Crippen LogP contribution in [0, 0.1) is 0 Å². The third-order valence-electron chi connectivity index (χ3n) is 5.67. The minimum atomic E-state index is -4.87. The summed E-state index contributed by atoms with van der Waals surface area (Å²) in [7, 11) is 0. The second kappa shape index (κ2) is 14.4. The summed E-state index contributed by atoms with van der Waals surface area (Å²) in [6.45, 7) is 1.47. The van der Waals surface area contributed by atoms with Gasteiger partial charge in [0.25, 0.3) is 0 Å². The summed E-state index contributed by atoms with van der Waals surface area (Å²) in [6.07, 6.45) is -11.0. The van der Waals surface area contributed by atoms with Gasteiger partial charge in [0, 0.05) is 41.3 Å². The molecule has 0 saturated carbocycles. The number of benzene rings is 1. The molecule has 0 bridgehead atoms. The number of nitrogens with zero attached hydrogens (tertiary/aromatic N) is 1. The Bertz CT molecular complexity index is 1230. The fourth-order valence-electron chi connectivity index (χ4n) is 3.79. The van der Waals surface area contributed by atoms with Crippen LogP contribution < -0.4 is 11.1 Å². The zero-order valence-electron chi connectivity index (χ0n) is 20.6. The van der Waals surface area contributed by atoms with Gasteiger partial charge in [0.15, 0.2) is 5.69 Å². The van der Waals surface area contributed by atoms with Crippen LogP contribution in [-0.4, -0.2) is 23.2 Å². The van der Waals surface area contributed by atoms with Crippen LogP contribution in [0.3, 0.4) is 0 Å². The first-order valence-corrected chi connectivity index (χ1v) is 11.8. The molecule has 0 amide bonds. The van der Waals surface area contributed by atoms with Crippen LogP contribution in [0.4, 0.5) is 26.3 Å². The fourth-order valence-corrected chi connectivity index (χ4v) is 3.79. The topological polar surface area (TPSA) is 71.2 Å². The van der Waals surface area contributed by atoms with Gasteiger partial charge in [-0.05, 0) is 31.2 Å². The van der Waals surface area contributed by atoms with E-state index in [1.807, 2.05) is 36.4 Å².